The highest BCUT2D eigenvalue weighted by Gasteiger charge is 2.27. The number of amides is 2. The number of rotatable bonds is 4. The summed E-state index contributed by atoms with van der Waals surface area (Å²) in [4.78, 5) is 30.8. The number of pyridine rings is 1. The number of hydrogen-bond acceptors (Lipinski definition) is 3. The lowest BCUT2D eigenvalue weighted by atomic mass is 10.0. The third-order valence-electron chi connectivity index (χ3n) is 5.95. The van der Waals surface area contributed by atoms with Crippen LogP contribution >= 0.6 is 0 Å². The van der Waals surface area contributed by atoms with Crippen LogP contribution in [-0.4, -0.2) is 32.8 Å². The van der Waals surface area contributed by atoms with Crippen molar-refractivity contribution in [2.24, 2.45) is 5.73 Å². The van der Waals surface area contributed by atoms with Crippen molar-refractivity contribution in [1.29, 1.82) is 0 Å². The molecule has 1 aliphatic heterocycles. The van der Waals surface area contributed by atoms with Gasteiger partial charge in [-0.05, 0) is 66.1 Å². The predicted octanol–water partition coefficient (Wildman–Crippen LogP) is 3.52. The zero-order valence-electron chi connectivity index (χ0n) is 17.3. The number of carbonyl (C=O) groups excluding carboxylic acids is 2. The molecule has 4 aromatic rings. The normalized spacial score (nSPS) is 13.2. The van der Waals surface area contributed by atoms with E-state index in [1.165, 1.54) is 17.7 Å². The Morgan fingerprint density at radius 2 is 1.81 bits per heavy atom. The van der Waals surface area contributed by atoms with Gasteiger partial charge >= 0.3 is 0 Å². The van der Waals surface area contributed by atoms with Crippen LogP contribution in [0.3, 0.4) is 0 Å². The number of nitrogens with zero attached hydrogens (tertiary/aromatic N) is 3. The molecule has 0 saturated carbocycles. The SMILES string of the molecule is NC(=O)c1ccc(C(=O)N2CCc3c(n(Cc4cccc(F)c4)c4ncccc34)C2)cc1. The van der Waals surface area contributed by atoms with Crippen molar-refractivity contribution in [2.45, 2.75) is 19.5 Å². The minimum atomic E-state index is -0.527. The number of benzene rings is 2. The first-order chi connectivity index (χ1) is 15.5. The number of primary amides is 1. The molecule has 32 heavy (non-hydrogen) atoms. The number of carbonyl (C=O) groups is 2. The smallest absolute Gasteiger partial charge is 0.254 e. The first-order valence-electron chi connectivity index (χ1n) is 10.4. The van der Waals surface area contributed by atoms with Crippen LogP contribution in [0.5, 0.6) is 0 Å². The Morgan fingerprint density at radius 3 is 2.56 bits per heavy atom. The van der Waals surface area contributed by atoms with Crippen LogP contribution in [-0.2, 0) is 19.5 Å². The number of hydrogen-bond donors (Lipinski definition) is 1. The molecule has 6 nitrogen and oxygen atoms in total. The summed E-state index contributed by atoms with van der Waals surface area (Å²) >= 11 is 0. The minimum absolute atomic E-state index is 0.109. The van der Waals surface area contributed by atoms with E-state index in [1.54, 1.807) is 41.4 Å². The van der Waals surface area contributed by atoms with E-state index in [0.717, 1.165) is 22.3 Å². The maximum absolute atomic E-state index is 13.8. The molecule has 0 aliphatic carbocycles. The Morgan fingerprint density at radius 1 is 1.03 bits per heavy atom. The van der Waals surface area contributed by atoms with Gasteiger partial charge in [0, 0.05) is 41.5 Å². The Bertz CT molecular complexity index is 1340. The monoisotopic (exact) mass is 428 g/mol. The average Bonchev–Trinajstić information content (AvgIpc) is 3.12. The minimum Gasteiger partial charge on any atom is -0.366 e. The summed E-state index contributed by atoms with van der Waals surface area (Å²) in [6, 6.07) is 16.9. The van der Waals surface area contributed by atoms with Gasteiger partial charge in [0.05, 0.1) is 6.54 Å². The van der Waals surface area contributed by atoms with Crippen LogP contribution in [0.15, 0.2) is 66.9 Å². The molecule has 3 heterocycles. The first-order valence-corrected chi connectivity index (χ1v) is 10.4. The molecule has 0 fully saturated rings. The van der Waals surface area contributed by atoms with E-state index in [1.807, 2.05) is 18.2 Å². The fraction of sp³-hybridized carbons (Fsp3) is 0.160. The van der Waals surface area contributed by atoms with Gasteiger partial charge < -0.3 is 15.2 Å². The summed E-state index contributed by atoms with van der Waals surface area (Å²) in [5, 5.41) is 1.07. The third-order valence-corrected chi connectivity index (χ3v) is 5.95. The summed E-state index contributed by atoms with van der Waals surface area (Å²) in [6.45, 7) is 1.48. The second-order valence-corrected chi connectivity index (χ2v) is 7.93. The van der Waals surface area contributed by atoms with Crippen molar-refractivity contribution >= 4 is 22.8 Å². The molecule has 0 unspecified atom stereocenters. The van der Waals surface area contributed by atoms with E-state index < -0.39 is 5.91 Å². The molecule has 7 heteroatoms. The van der Waals surface area contributed by atoms with E-state index >= 15 is 0 Å². The van der Waals surface area contributed by atoms with Gasteiger partial charge in [0.2, 0.25) is 5.91 Å². The van der Waals surface area contributed by atoms with Gasteiger partial charge in [-0.1, -0.05) is 12.1 Å². The van der Waals surface area contributed by atoms with Gasteiger partial charge in [0.25, 0.3) is 5.91 Å². The molecule has 2 amide bonds. The Hall–Kier alpha value is -4.00. The summed E-state index contributed by atoms with van der Waals surface area (Å²) < 4.78 is 15.9. The van der Waals surface area contributed by atoms with E-state index in [2.05, 4.69) is 9.55 Å². The molecule has 160 valence electrons. The molecule has 2 aromatic heterocycles. The highest BCUT2D eigenvalue weighted by molar-refractivity contribution is 5.97. The lowest BCUT2D eigenvalue weighted by Crippen LogP contribution is -2.36. The lowest BCUT2D eigenvalue weighted by molar-refractivity contribution is 0.0730. The van der Waals surface area contributed by atoms with Gasteiger partial charge in [-0.25, -0.2) is 9.37 Å². The van der Waals surface area contributed by atoms with Gasteiger partial charge in [-0.15, -0.1) is 0 Å². The van der Waals surface area contributed by atoms with Crippen LogP contribution in [0.2, 0.25) is 0 Å². The average molecular weight is 428 g/mol. The van der Waals surface area contributed by atoms with E-state index in [-0.39, 0.29) is 11.7 Å². The number of aromatic nitrogens is 2. The molecule has 5 rings (SSSR count). The zero-order chi connectivity index (χ0) is 22.2. The lowest BCUT2D eigenvalue weighted by Gasteiger charge is -2.28. The van der Waals surface area contributed by atoms with E-state index in [9.17, 15) is 14.0 Å². The molecule has 2 aromatic carbocycles. The van der Waals surface area contributed by atoms with Crippen molar-refractivity contribution < 1.29 is 14.0 Å². The van der Waals surface area contributed by atoms with Gasteiger partial charge in [0.15, 0.2) is 0 Å². The molecule has 2 N–H and O–H groups in total. The predicted molar refractivity (Wildman–Crippen MR) is 119 cm³/mol. The van der Waals surface area contributed by atoms with Gasteiger partial charge in [-0.2, -0.15) is 0 Å². The molecular weight excluding hydrogens is 407 g/mol. The Kier molecular flexibility index (Phi) is 4.93. The van der Waals surface area contributed by atoms with Crippen molar-refractivity contribution in [1.82, 2.24) is 14.5 Å². The first kappa shape index (κ1) is 19.9. The van der Waals surface area contributed by atoms with Crippen LogP contribution < -0.4 is 5.73 Å². The highest BCUT2D eigenvalue weighted by Crippen LogP contribution is 2.31. The van der Waals surface area contributed by atoms with Crippen LogP contribution in [0.4, 0.5) is 4.39 Å². The van der Waals surface area contributed by atoms with Crippen molar-refractivity contribution in [3.63, 3.8) is 0 Å². The molecule has 1 aliphatic rings. The number of halogens is 1. The summed E-state index contributed by atoms with van der Waals surface area (Å²) in [7, 11) is 0. The quantitative estimate of drug-likeness (QED) is 0.540. The topological polar surface area (TPSA) is 81.2 Å². The van der Waals surface area contributed by atoms with Crippen molar-refractivity contribution in [3.05, 3.63) is 101 Å². The van der Waals surface area contributed by atoms with Gasteiger partial charge in [0.1, 0.15) is 11.5 Å². The highest BCUT2D eigenvalue weighted by atomic mass is 19.1. The Labute approximate surface area is 184 Å². The number of nitrogens with two attached hydrogens (primary N) is 1. The van der Waals surface area contributed by atoms with Gasteiger partial charge in [-0.3, -0.25) is 9.59 Å². The Balaban J connectivity index is 1.50. The largest absolute Gasteiger partial charge is 0.366 e. The van der Waals surface area contributed by atoms with Crippen molar-refractivity contribution in [2.75, 3.05) is 6.54 Å². The second-order valence-electron chi connectivity index (χ2n) is 7.93. The maximum Gasteiger partial charge on any atom is 0.254 e. The van der Waals surface area contributed by atoms with Crippen LogP contribution in [0.1, 0.15) is 37.5 Å². The summed E-state index contributed by atoms with van der Waals surface area (Å²) in [6.07, 6.45) is 2.46. The number of fused-ring (bicyclic) bond motifs is 3. The zero-order valence-corrected chi connectivity index (χ0v) is 17.3. The maximum atomic E-state index is 13.8. The standard InChI is InChI=1S/C25H21FN4O2/c26-19-4-1-3-16(13-19)14-30-22-15-29(12-10-20(22)21-5-2-11-28-24(21)30)25(32)18-8-6-17(7-9-18)23(27)31/h1-9,11,13H,10,12,14-15H2,(H2,27,31). The molecule has 0 radical (unpaired) electrons. The molecular formula is C25H21FN4O2. The summed E-state index contributed by atoms with van der Waals surface area (Å²) in [5.41, 5.74) is 10.0. The fourth-order valence-corrected chi connectivity index (χ4v) is 4.38. The van der Waals surface area contributed by atoms with Crippen LogP contribution in [0, 0.1) is 5.82 Å². The summed E-state index contributed by atoms with van der Waals surface area (Å²) in [5.74, 6) is -0.917. The second kappa shape index (κ2) is 7.92. The molecule has 0 saturated heterocycles. The molecule has 0 atom stereocenters. The fourth-order valence-electron chi connectivity index (χ4n) is 4.38. The van der Waals surface area contributed by atoms with Crippen LogP contribution in [0.25, 0.3) is 11.0 Å². The third kappa shape index (κ3) is 3.51. The van der Waals surface area contributed by atoms with E-state index in [4.69, 9.17) is 5.73 Å². The molecule has 0 spiro atoms. The molecule has 0 bridgehead atoms. The van der Waals surface area contributed by atoms with Crippen molar-refractivity contribution in [3.8, 4) is 0 Å². The van der Waals surface area contributed by atoms with E-state index in [0.29, 0.717) is 37.2 Å².